The van der Waals surface area contributed by atoms with E-state index in [9.17, 15) is 28.8 Å². The molecule has 5 amide bonds. The summed E-state index contributed by atoms with van der Waals surface area (Å²) in [7, 11) is 0. The Labute approximate surface area is 247 Å². The minimum atomic E-state index is -1.18. The molecular formula is C31H47N5O6. The lowest BCUT2D eigenvalue weighted by Gasteiger charge is -2.63. The van der Waals surface area contributed by atoms with Gasteiger partial charge in [0, 0.05) is 23.9 Å². The van der Waals surface area contributed by atoms with Crippen LogP contribution in [0.2, 0.25) is 0 Å². The first-order chi connectivity index (χ1) is 19.8. The molecule has 2 bridgehead atoms. The van der Waals surface area contributed by atoms with E-state index in [1.165, 1.54) is 0 Å². The third kappa shape index (κ3) is 6.97. The van der Waals surface area contributed by atoms with Crippen LogP contribution in [0, 0.1) is 28.6 Å². The van der Waals surface area contributed by atoms with Crippen LogP contribution in [0.15, 0.2) is 0 Å². The zero-order chi connectivity index (χ0) is 30.2. The molecule has 42 heavy (non-hydrogen) atoms. The van der Waals surface area contributed by atoms with Gasteiger partial charge in [0.15, 0.2) is 0 Å². The van der Waals surface area contributed by atoms with Crippen molar-refractivity contribution in [2.24, 2.45) is 28.6 Å². The lowest BCUT2D eigenvalue weighted by atomic mass is 9.43. The molecule has 0 unspecified atom stereocenters. The molecule has 232 valence electrons. The van der Waals surface area contributed by atoms with E-state index in [4.69, 9.17) is 0 Å². The van der Waals surface area contributed by atoms with E-state index < -0.39 is 53.0 Å². The molecule has 5 saturated carbocycles. The first-order valence-electron chi connectivity index (χ1n) is 15.9. The summed E-state index contributed by atoms with van der Waals surface area (Å²) in [5, 5.41) is 14.1. The molecule has 1 heterocycles. The van der Waals surface area contributed by atoms with Gasteiger partial charge in [-0.25, -0.2) is 0 Å². The van der Waals surface area contributed by atoms with Crippen LogP contribution in [-0.2, 0) is 28.8 Å². The van der Waals surface area contributed by atoms with E-state index in [-0.39, 0.29) is 35.6 Å². The van der Waals surface area contributed by atoms with Crippen LogP contribution in [0.5, 0.6) is 0 Å². The van der Waals surface area contributed by atoms with Gasteiger partial charge in [-0.05, 0) is 81.5 Å². The van der Waals surface area contributed by atoms with Gasteiger partial charge in [0.05, 0.1) is 6.04 Å². The topological polar surface area (TPSA) is 163 Å². The highest BCUT2D eigenvalue weighted by atomic mass is 16.2. The van der Waals surface area contributed by atoms with Crippen molar-refractivity contribution < 1.29 is 28.8 Å². The molecule has 0 aromatic rings. The first kappa shape index (κ1) is 30.5. The second-order valence-electron chi connectivity index (χ2n) is 14.7. The Bertz CT molecular complexity index is 1100. The van der Waals surface area contributed by atoms with Crippen LogP contribution in [0.3, 0.4) is 0 Å². The van der Waals surface area contributed by atoms with Gasteiger partial charge < -0.3 is 26.6 Å². The molecule has 1 aliphatic heterocycles. The third-order valence-corrected chi connectivity index (χ3v) is 10.0. The molecule has 0 aromatic heterocycles. The van der Waals surface area contributed by atoms with Crippen LogP contribution in [0.4, 0.5) is 0 Å². The Hall–Kier alpha value is -2.98. The van der Waals surface area contributed by atoms with Gasteiger partial charge in [-0.1, -0.05) is 33.6 Å². The Morgan fingerprint density at radius 2 is 1.52 bits per heavy atom. The molecular weight excluding hydrogens is 538 g/mol. The van der Waals surface area contributed by atoms with Gasteiger partial charge in [-0.3, -0.25) is 28.8 Å². The quantitative estimate of drug-likeness (QED) is 0.204. The predicted octanol–water partition coefficient (Wildman–Crippen LogP) is 1.24. The summed E-state index contributed by atoms with van der Waals surface area (Å²) in [6.07, 6.45) is 9.23. The minimum absolute atomic E-state index is 0.00828. The number of Topliss-reactive ketones (excluding diaryl/α,β-unsaturated/α-hetero) is 1. The molecule has 5 N–H and O–H groups in total. The maximum absolute atomic E-state index is 13.9. The number of carbonyl (C=O) groups excluding carboxylic acids is 6. The summed E-state index contributed by atoms with van der Waals surface area (Å²) < 4.78 is 0. The average molecular weight is 586 g/mol. The summed E-state index contributed by atoms with van der Waals surface area (Å²) >= 11 is 0. The van der Waals surface area contributed by atoms with Gasteiger partial charge in [-0.15, -0.1) is 0 Å². The number of ketones is 1. The van der Waals surface area contributed by atoms with Crippen molar-refractivity contribution in [3.63, 3.8) is 0 Å². The van der Waals surface area contributed by atoms with Gasteiger partial charge in [0.25, 0.3) is 5.91 Å². The Kier molecular flexibility index (Phi) is 8.67. The van der Waals surface area contributed by atoms with Gasteiger partial charge in [0.2, 0.25) is 29.4 Å². The minimum Gasteiger partial charge on any atom is -0.356 e. The maximum Gasteiger partial charge on any atom is 0.289 e. The highest BCUT2D eigenvalue weighted by Gasteiger charge is 2.57. The number of amides is 5. The molecule has 0 spiro atoms. The van der Waals surface area contributed by atoms with Crippen LogP contribution in [0.25, 0.3) is 0 Å². The van der Waals surface area contributed by atoms with Crippen molar-refractivity contribution in [1.29, 1.82) is 0 Å². The fourth-order valence-corrected chi connectivity index (χ4v) is 7.16. The largest absolute Gasteiger partial charge is 0.356 e. The summed E-state index contributed by atoms with van der Waals surface area (Å²) in [5.41, 5.74) is -0.688. The summed E-state index contributed by atoms with van der Waals surface area (Å²) in [4.78, 5) is 78.9. The monoisotopic (exact) mass is 585 g/mol. The summed E-state index contributed by atoms with van der Waals surface area (Å²) in [6, 6.07) is -2.89. The molecule has 6 aliphatic rings. The van der Waals surface area contributed by atoms with Crippen molar-refractivity contribution >= 4 is 35.3 Å². The molecule has 1 saturated heterocycles. The Balaban J connectivity index is 1.32. The van der Waals surface area contributed by atoms with Gasteiger partial charge >= 0.3 is 0 Å². The molecule has 6 rings (SSSR count). The standard InChI is InChI=1S/C31H47N5O6/c1-30(2,3)29(42)36-23(18-6-4-5-7-18)27(40)35-22(16-31-13-17(14-31)15-31)26(39)34-21(12-19-10-11-32-25(19)38)24(37)28(41)33-20-8-9-20/h17-23H,4-16H2,1-3H3,(H,32,38)(H,33,41)(H,34,39)(H,35,40)(H,36,42)/t17?,19-,21-,22-,23+,31?/m0/s1. The van der Waals surface area contributed by atoms with E-state index in [0.29, 0.717) is 25.3 Å². The number of carbonyl (C=O) groups is 6. The predicted molar refractivity (Wildman–Crippen MR) is 154 cm³/mol. The molecule has 0 aromatic carbocycles. The second-order valence-corrected chi connectivity index (χ2v) is 14.7. The smallest absolute Gasteiger partial charge is 0.289 e. The fourth-order valence-electron chi connectivity index (χ4n) is 7.16. The van der Waals surface area contributed by atoms with Gasteiger partial charge in [0.1, 0.15) is 12.1 Å². The highest BCUT2D eigenvalue weighted by Crippen LogP contribution is 2.66. The van der Waals surface area contributed by atoms with E-state index in [1.54, 1.807) is 20.8 Å². The van der Waals surface area contributed by atoms with Crippen LogP contribution in [-0.4, -0.2) is 66.0 Å². The normalized spacial score (nSPS) is 28.8. The lowest BCUT2D eigenvalue weighted by molar-refractivity contribution is -0.145. The highest BCUT2D eigenvalue weighted by molar-refractivity contribution is 6.38. The molecule has 11 nitrogen and oxygen atoms in total. The Morgan fingerprint density at radius 3 is 2.05 bits per heavy atom. The lowest BCUT2D eigenvalue weighted by Crippen LogP contribution is -2.62. The molecule has 4 atom stereocenters. The van der Waals surface area contributed by atoms with Crippen molar-refractivity contribution in [3.8, 4) is 0 Å². The van der Waals surface area contributed by atoms with Crippen LogP contribution < -0.4 is 26.6 Å². The molecule has 5 aliphatic carbocycles. The molecule has 11 heteroatoms. The number of hydrogen-bond acceptors (Lipinski definition) is 6. The fraction of sp³-hybridized carbons (Fsp3) is 0.806. The summed E-state index contributed by atoms with van der Waals surface area (Å²) in [6.45, 7) is 5.88. The number of rotatable bonds is 13. The second kappa shape index (κ2) is 12.0. The van der Waals surface area contributed by atoms with E-state index in [1.807, 2.05) is 0 Å². The van der Waals surface area contributed by atoms with Crippen molar-refractivity contribution in [2.75, 3.05) is 6.54 Å². The van der Waals surface area contributed by atoms with Crippen molar-refractivity contribution in [2.45, 2.75) is 122 Å². The van der Waals surface area contributed by atoms with E-state index in [2.05, 4.69) is 26.6 Å². The Morgan fingerprint density at radius 1 is 0.881 bits per heavy atom. The SMILES string of the molecule is CC(C)(C)C(=O)N[C@@H](C(=O)N[C@@H](CC12CC(C1)C2)C(=O)N[C@@H](C[C@@H]1CCNC1=O)C(=O)C(=O)NC1CC1)C1CCCC1. The zero-order valence-electron chi connectivity index (χ0n) is 25.2. The van der Waals surface area contributed by atoms with Crippen LogP contribution in [0.1, 0.15) is 97.8 Å². The molecule has 0 radical (unpaired) electrons. The number of nitrogens with one attached hydrogen (secondary N) is 5. The van der Waals surface area contributed by atoms with Crippen LogP contribution >= 0.6 is 0 Å². The summed E-state index contributed by atoms with van der Waals surface area (Å²) in [5.74, 6) is -2.71. The maximum atomic E-state index is 13.9. The number of hydrogen-bond donors (Lipinski definition) is 5. The van der Waals surface area contributed by atoms with Gasteiger partial charge in [-0.2, -0.15) is 0 Å². The average Bonchev–Trinajstić information content (AvgIpc) is 3.35. The molecule has 6 fully saturated rings. The zero-order valence-corrected chi connectivity index (χ0v) is 25.2. The van der Waals surface area contributed by atoms with E-state index >= 15 is 0 Å². The van der Waals surface area contributed by atoms with E-state index in [0.717, 1.165) is 57.8 Å². The third-order valence-electron chi connectivity index (χ3n) is 10.0. The first-order valence-corrected chi connectivity index (χ1v) is 15.9. The van der Waals surface area contributed by atoms with Crippen molar-refractivity contribution in [3.05, 3.63) is 0 Å². The van der Waals surface area contributed by atoms with Crippen molar-refractivity contribution in [1.82, 2.24) is 26.6 Å².